The first-order valence-corrected chi connectivity index (χ1v) is 12.2. The minimum atomic E-state index is 0.196. The molecule has 4 N–H and O–H groups in total. The van der Waals surface area contributed by atoms with Gasteiger partial charge in [-0.2, -0.15) is 9.36 Å². The van der Waals surface area contributed by atoms with Crippen molar-refractivity contribution in [3.05, 3.63) is 24.1 Å². The maximum absolute atomic E-state index is 6.11. The van der Waals surface area contributed by atoms with Gasteiger partial charge in [0.1, 0.15) is 16.6 Å². The summed E-state index contributed by atoms with van der Waals surface area (Å²) in [5.41, 5.74) is 7.76. The first kappa shape index (κ1) is 24.4. The molecule has 1 aliphatic heterocycles. The third kappa shape index (κ3) is 7.13. The summed E-state index contributed by atoms with van der Waals surface area (Å²) in [7, 11) is 0. The Kier molecular flexibility index (Phi) is 10.1. The van der Waals surface area contributed by atoms with Gasteiger partial charge in [0.2, 0.25) is 11.5 Å². The lowest BCUT2D eigenvalue weighted by molar-refractivity contribution is 0.109. The van der Waals surface area contributed by atoms with Gasteiger partial charge in [0, 0.05) is 25.7 Å². The molecule has 2 fully saturated rings. The highest BCUT2D eigenvalue weighted by Gasteiger charge is 2.20. The van der Waals surface area contributed by atoms with Crippen LogP contribution in [0.4, 0.5) is 10.9 Å². The van der Waals surface area contributed by atoms with E-state index in [1.807, 2.05) is 26.0 Å². The van der Waals surface area contributed by atoms with Crippen molar-refractivity contribution in [1.29, 1.82) is 0 Å². The Morgan fingerprint density at radius 1 is 1.19 bits per heavy atom. The first-order valence-electron chi connectivity index (χ1n) is 11.4. The fourth-order valence-corrected chi connectivity index (χ4v) is 4.07. The van der Waals surface area contributed by atoms with Crippen LogP contribution < -0.4 is 21.1 Å². The van der Waals surface area contributed by atoms with E-state index >= 15 is 0 Å². The Balaban J connectivity index is 0.000000309. The lowest BCUT2D eigenvalue weighted by Crippen LogP contribution is -2.30. The van der Waals surface area contributed by atoms with Crippen molar-refractivity contribution in [2.45, 2.75) is 58.6 Å². The Labute approximate surface area is 193 Å². The third-order valence-corrected chi connectivity index (χ3v) is 5.69. The molecule has 3 aromatic rings. The Morgan fingerprint density at radius 2 is 1.97 bits per heavy atom. The summed E-state index contributed by atoms with van der Waals surface area (Å²) in [5.74, 6) is 0.977. The number of hydrogen-bond acceptors (Lipinski definition) is 10. The summed E-state index contributed by atoms with van der Waals surface area (Å²) in [5, 5.41) is 7.18. The minimum absolute atomic E-state index is 0.196. The van der Waals surface area contributed by atoms with Crippen LogP contribution in [0.2, 0.25) is 0 Å². The van der Waals surface area contributed by atoms with E-state index < -0.39 is 0 Å². The molecule has 9 nitrogen and oxygen atoms in total. The molecule has 0 spiro atoms. The number of anilines is 2. The van der Waals surface area contributed by atoms with E-state index in [-0.39, 0.29) is 6.10 Å². The molecule has 0 radical (unpaired) electrons. The Bertz CT molecular complexity index is 910. The number of nitrogens with zero attached hydrogens (tertiary/aromatic N) is 3. The van der Waals surface area contributed by atoms with E-state index in [1.165, 1.54) is 30.8 Å². The van der Waals surface area contributed by atoms with E-state index in [0.29, 0.717) is 24.0 Å². The van der Waals surface area contributed by atoms with Crippen LogP contribution in [0, 0.1) is 0 Å². The van der Waals surface area contributed by atoms with Crippen molar-refractivity contribution < 1.29 is 13.9 Å². The maximum Gasteiger partial charge on any atom is 0.263 e. The molecule has 32 heavy (non-hydrogen) atoms. The highest BCUT2D eigenvalue weighted by Crippen LogP contribution is 2.30. The van der Waals surface area contributed by atoms with Gasteiger partial charge in [-0.1, -0.05) is 20.3 Å². The number of hydrogen-bond donors (Lipinski definition) is 3. The van der Waals surface area contributed by atoms with Crippen LogP contribution in [0.3, 0.4) is 0 Å². The van der Waals surface area contributed by atoms with Crippen LogP contribution in [-0.2, 0) is 11.3 Å². The van der Waals surface area contributed by atoms with Crippen molar-refractivity contribution in [3.8, 4) is 5.88 Å². The number of ether oxygens (including phenoxy) is 2. The van der Waals surface area contributed by atoms with Gasteiger partial charge in [-0.05, 0) is 43.3 Å². The molecule has 2 aliphatic rings. The zero-order chi connectivity index (χ0) is 22.6. The van der Waals surface area contributed by atoms with Crippen LogP contribution >= 0.6 is 11.5 Å². The highest BCUT2D eigenvalue weighted by atomic mass is 32.1. The van der Waals surface area contributed by atoms with Crippen LogP contribution in [0.15, 0.2) is 22.8 Å². The van der Waals surface area contributed by atoms with Crippen molar-refractivity contribution in [3.63, 3.8) is 0 Å². The molecular formula is C22H34N6O3S. The van der Waals surface area contributed by atoms with Crippen molar-refractivity contribution in [2.24, 2.45) is 5.73 Å². The standard InChI is InChI=1S/C16H19N5O2S.C4H9NO.C2H6/c17-9-10-8-13(24-21-10)19-16-18-12-6-7-22-14(12)15(20-16)23-11-4-2-1-3-5-11;1-3-6-4-2-5-1;1-2/h6-8,11H,1-5,9,17H2,(H,18,19,20);5H,1-4H2;1-2H3. The summed E-state index contributed by atoms with van der Waals surface area (Å²) < 4.78 is 20.9. The van der Waals surface area contributed by atoms with Crippen molar-refractivity contribution >= 4 is 33.6 Å². The summed E-state index contributed by atoms with van der Waals surface area (Å²) in [6, 6.07) is 3.71. The predicted octanol–water partition coefficient (Wildman–Crippen LogP) is 4.23. The molecule has 1 saturated heterocycles. The number of aromatic nitrogens is 3. The van der Waals surface area contributed by atoms with Crippen LogP contribution in [0.25, 0.3) is 11.1 Å². The molecule has 1 aliphatic carbocycles. The molecule has 5 rings (SSSR count). The topological polar surface area (TPSA) is 120 Å². The zero-order valence-electron chi connectivity index (χ0n) is 18.9. The quantitative estimate of drug-likeness (QED) is 0.511. The second kappa shape index (κ2) is 13.3. The number of morpholine rings is 1. The fourth-order valence-electron chi connectivity index (χ4n) is 3.41. The maximum atomic E-state index is 6.11. The molecule has 10 heteroatoms. The summed E-state index contributed by atoms with van der Waals surface area (Å²) in [6.07, 6.45) is 7.60. The van der Waals surface area contributed by atoms with Crippen LogP contribution in [0.5, 0.6) is 5.88 Å². The molecule has 0 aromatic carbocycles. The van der Waals surface area contributed by atoms with Gasteiger partial charge in [-0.3, -0.25) is 0 Å². The lowest BCUT2D eigenvalue weighted by atomic mass is 9.98. The van der Waals surface area contributed by atoms with Crippen molar-refractivity contribution in [2.75, 3.05) is 31.6 Å². The smallest absolute Gasteiger partial charge is 0.263 e. The SMILES string of the molecule is C1COCCN1.CC.NCc1cc(Nc2nc(OC3CCCCC3)c3occc3n2)sn1. The predicted molar refractivity (Wildman–Crippen MR) is 128 cm³/mol. The van der Waals surface area contributed by atoms with E-state index in [4.69, 9.17) is 19.6 Å². The second-order valence-corrected chi connectivity index (χ2v) is 8.04. The van der Waals surface area contributed by atoms with Gasteiger partial charge in [0.25, 0.3) is 5.88 Å². The molecule has 1 saturated carbocycles. The molecule has 0 atom stereocenters. The molecule has 4 heterocycles. The van der Waals surface area contributed by atoms with Gasteiger partial charge in [-0.15, -0.1) is 0 Å². The lowest BCUT2D eigenvalue weighted by Gasteiger charge is -2.22. The largest absolute Gasteiger partial charge is 0.472 e. The van der Waals surface area contributed by atoms with Gasteiger partial charge >= 0.3 is 0 Å². The zero-order valence-corrected chi connectivity index (χ0v) is 19.7. The number of nitrogens with two attached hydrogens (primary N) is 1. The summed E-state index contributed by atoms with van der Waals surface area (Å²) >= 11 is 1.33. The third-order valence-electron chi connectivity index (χ3n) is 4.95. The Morgan fingerprint density at radius 3 is 2.59 bits per heavy atom. The van der Waals surface area contributed by atoms with Crippen molar-refractivity contribution in [1.82, 2.24) is 19.7 Å². The van der Waals surface area contributed by atoms with E-state index in [9.17, 15) is 0 Å². The number of rotatable bonds is 5. The average molecular weight is 463 g/mol. The minimum Gasteiger partial charge on any atom is -0.472 e. The normalized spacial score (nSPS) is 16.5. The molecule has 0 amide bonds. The van der Waals surface area contributed by atoms with Gasteiger partial charge in [-0.25, -0.2) is 4.98 Å². The number of furan rings is 1. The van der Waals surface area contributed by atoms with Gasteiger partial charge in [0.15, 0.2) is 0 Å². The second-order valence-electron chi connectivity index (χ2n) is 7.24. The van der Waals surface area contributed by atoms with Gasteiger partial charge < -0.3 is 30.3 Å². The Hall–Kier alpha value is -2.27. The first-order chi connectivity index (χ1) is 15.8. The molecular weight excluding hydrogens is 428 g/mol. The van der Waals surface area contributed by atoms with Crippen LogP contribution in [-0.4, -0.2) is 46.7 Å². The molecule has 0 unspecified atom stereocenters. The highest BCUT2D eigenvalue weighted by molar-refractivity contribution is 7.10. The summed E-state index contributed by atoms with van der Waals surface area (Å²) in [4.78, 5) is 8.98. The average Bonchev–Trinajstić information content (AvgIpc) is 3.52. The van der Waals surface area contributed by atoms with Gasteiger partial charge in [0.05, 0.1) is 25.2 Å². The molecule has 0 bridgehead atoms. The molecule has 3 aromatic heterocycles. The number of nitrogens with one attached hydrogen (secondary N) is 2. The van der Waals surface area contributed by atoms with E-state index in [1.54, 1.807) is 6.26 Å². The molecule has 176 valence electrons. The van der Waals surface area contributed by atoms with E-state index in [0.717, 1.165) is 55.4 Å². The summed E-state index contributed by atoms with van der Waals surface area (Å²) in [6.45, 7) is 8.25. The fraction of sp³-hybridized carbons (Fsp3) is 0.591. The monoisotopic (exact) mass is 462 g/mol. The van der Waals surface area contributed by atoms with Crippen LogP contribution in [0.1, 0.15) is 51.6 Å². The number of fused-ring (bicyclic) bond motifs is 1. The van der Waals surface area contributed by atoms with E-state index in [2.05, 4.69) is 25.0 Å².